The van der Waals surface area contributed by atoms with Gasteiger partial charge in [-0.15, -0.1) is 0 Å². The Labute approximate surface area is 111 Å². The van der Waals surface area contributed by atoms with Crippen molar-refractivity contribution in [3.63, 3.8) is 0 Å². The normalized spacial score (nSPS) is 10.0. The van der Waals surface area contributed by atoms with E-state index in [2.05, 4.69) is 15.3 Å². The highest BCUT2D eigenvalue weighted by Gasteiger charge is 2.04. The molecule has 0 aliphatic heterocycles. The number of nitrogens with zero attached hydrogens (tertiary/aromatic N) is 2. The SMILES string of the molecule is NC(=S)c1cccnc1NCCc1ccccn1. The summed E-state index contributed by atoms with van der Waals surface area (Å²) in [6.07, 6.45) is 4.33. The van der Waals surface area contributed by atoms with E-state index in [1.165, 1.54) is 0 Å². The van der Waals surface area contributed by atoms with Crippen LogP contribution in [0.1, 0.15) is 11.3 Å². The molecule has 2 heterocycles. The van der Waals surface area contributed by atoms with Gasteiger partial charge in [-0.3, -0.25) is 4.98 Å². The number of thiocarbonyl (C=S) groups is 1. The molecule has 0 atom stereocenters. The van der Waals surface area contributed by atoms with Gasteiger partial charge in [-0.05, 0) is 24.3 Å². The number of nitrogens with two attached hydrogens (primary N) is 1. The summed E-state index contributed by atoms with van der Waals surface area (Å²) in [5.74, 6) is 0.723. The van der Waals surface area contributed by atoms with E-state index in [0.29, 0.717) is 4.99 Å². The molecule has 0 spiro atoms. The second-order valence-electron chi connectivity index (χ2n) is 3.76. The molecule has 0 saturated carbocycles. The van der Waals surface area contributed by atoms with Crippen molar-refractivity contribution in [2.75, 3.05) is 11.9 Å². The van der Waals surface area contributed by atoms with Gasteiger partial charge in [-0.2, -0.15) is 0 Å². The number of aromatic nitrogens is 2. The number of hydrogen-bond acceptors (Lipinski definition) is 4. The summed E-state index contributed by atoms with van der Waals surface area (Å²) in [5.41, 5.74) is 7.45. The van der Waals surface area contributed by atoms with Crippen LogP contribution in [0.3, 0.4) is 0 Å². The lowest BCUT2D eigenvalue weighted by Crippen LogP contribution is -2.15. The quantitative estimate of drug-likeness (QED) is 0.800. The molecule has 0 saturated heterocycles. The summed E-state index contributed by atoms with van der Waals surface area (Å²) in [4.78, 5) is 8.84. The van der Waals surface area contributed by atoms with Crippen LogP contribution in [-0.4, -0.2) is 21.5 Å². The first kappa shape index (κ1) is 12.4. The first-order valence-electron chi connectivity index (χ1n) is 5.66. The van der Waals surface area contributed by atoms with E-state index >= 15 is 0 Å². The van der Waals surface area contributed by atoms with Crippen molar-refractivity contribution >= 4 is 23.0 Å². The fraction of sp³-hybridized carbons (Fsp3) is 0.154. The van der Waals surface area contributed by atoms with E-state index in [9.17, 15) is 0 Å². The molecule has 3 N–H and O–H groups in total. The van der Waals surface area contributed by atoms with Gasteiger partial charge in [0.05, 0.1) is 5.56 Å². The van der Waals surface area contributed by atoms with E-state index in [1.54, 1.807) is 12.4 Å². The maximum atomic E-state index is 5.64. The third-order valence-electron chi connectivity index (χ3n) is 2.47. The van der Waals surface area contributed by atoms with Gasteiger partial charge in [0.25, 0.3) is 0 Å². The molecule has 0 aromatic carbocycles. The highest BCUT2D eigenvalue weighted by molar-refractivity contribution is 7.80. The Hall–Kier alpha value is -2.01. The van der Waals surface area contributed by atoms with Crippen molar-refractivity contribution in [1.29, 1.82) is 0 Å². The monoisotopic (exact) mass is 258 g/mol. The van der Waals surface area contributed by atoms with Crippen LogP contribution >= 0.6 is 12.2 Å². The highest BCUT2D eigenvalue weighted by Crippen LogP contribution is 2.10. The third-order valence-corrected chi connectivity index (χ3v) is 2.69. The lowest BCUT2D eigenvalue weighted by molar-refractivity contribution is 0.953. The number of pyridine rings is 2. The van der Waals surface area contributed by atoms with Gasteiger partial charge in [-0.1, -0.05) is 18.3 Å². The first-order chi connectivity index (χ1) is 8.77. The summed E-state index contributed by atoms with van der Waals surface area (Å²) in [6.45, 7) is 0.740. The van der Waals surface area contributed by atoms with Crippen molar-refractivity contribution < 1.29 is 0 Å². The van der Waals surface area contributed by atoms with Gasteiger partial charge >= 0.3 is 0 Å². The van der Waals surface area contributed by atoms with Crippen LogP contribution in [0.25, 0.3) is 0 Å². The zero-order valence-electron chi connectivity index (χ0n) is 9.84. The van der Waals surface area contributed by atoms with Gasteiger partial charge < -0.3 is 11.1 Å². The molecule has 2 aromatic heterocycles. The number of anilines is 1. The Balaban J connectivity index is 1.97. The Morgan fingerprint density at radius 1 is 1.17 bits per heavy atom. The Morgan fingerprint density at radius 2 is 2.00 bits per heavy atom. The van der Waals surface area contributed by atoms with Crippen molar-refractivity contribution in [2.45, 2.75) is 6.42 Å². The van der Waals surface area contributed by atoms with Crippen LogP contribution < -0.4 is 11.1 Å². The van der Waals surface area contributed by atoms with Gasteiger partial charge in [-0.25, -0.2) is 4.98 Å². The van der Waals surface area contributed by atoms with Crippen molar-refractivity contribution in [2.24, 2.45) is 5.73 Å². The Bertz CT molecular complexity index is 528. The summed E-state index contributed by atoms with van der Waals surface area (Å²) in [6, 6.07) is 9.55. The zero-order chi connectivity index (χ0) is 12.8. The fourth-order valence-electron chi connectivity index (χ4n) is 1.60. The van der Waals surface area contributed by atoms with Crippen LogP contribution in [0.4, 0.5) is 5.82 Å². The molecular formula is C13H14N4S. The van der Waals surface area contributed by atoms with Gasteiger partial charge in [0, 0.05) is 31.1 Å². The Kier molecular flexibility index (Phi) is 4.20. The molecule has 2 rings (SSSR count). The number of nitrogens with one attached hydrogen (secondary N) is 1. The van der Waals surface area contributed by atoms with Crippen molar-refractivity contribution in [3.8, 4) is 0 Å². The molecule has 0 aliphatic carbocycles. The van der Waals surface area contributed by atoms with Crippen LogP contribution in [-0.2, 0) is 6.42 Å². The third kappa shape index (κ3) is 3.24. The molecule has 4 nitrogen and oxygen atoms in total. The smallest absolute Gasteiger partial charge is 0.136 e. The lowest BCUT2D eigenvalue weighted by atomic mass is 10.2. The molecule has 0 bridgehead atoms. The van der Waals surface area contributed by atoms with Gasteiger partial charge in [0.2, 0.25) is 0 Å². The second kappa shape index (κ2) is 6.07. The van der Waals surface area contributed by atoms with E-state index in [0.717, 1.165) is 30.0 Å². The molecule has 92 valence electrons. The predicted octanol–water partition coefficient (Wildman–Crippen LogP) is 1.77. The summed E-state index contributed by atoms with van der Waals surface area (Å²) < 4.78 is 0. The van der Waals surface area contributed by atoms with Crippen LogP contribution in [0, 0.1) is 0 Å². The summed E-state index contributed by atoms with van der Waals surface area (Å²) >= 11 is 4.98. The number of hydrogen-bond donors (Lipinski definition) is 2. The van der Waals surface area contributed by atoms with E-state index in [-0.39, 0.29) is 0 Å². The molecule has 0 amide bonds. The molecule has 0 aliphatic rings. The largest absolute Gasteiger partial charge is 0.389 e. The van der Waals surface area contributed by atoms with Gasteiger partial charge in [0.1, 0.15) is 10.8 Å². The lowest BCUT2D eigenvalue weighted by Gasteiger charge is -2.09. The van der Waals surface area contributed by atoms with Crippen LogP contribution in [0.5, 0.6) is 0 Å². The van der Waals surface area contributed by atoms with Crippen LogP contribution in [0.2, 0.25) is 0 Å². The Morgan fingerprint density at radius 3 is 2.72 bits per heavy atom. The fourth-order valence-corrected chi connectivity index (χ4v) is 1.76. The topological polar surface area (TPSA) is 63.8 Å². The standard InChI is InChI=1S/C13H14N4S/c14-12(18)11-5-3-8-16-13(11)17-9-6-10-4-1-2-7-15-10/h1-5,7-8H,6,9H2,(H2,14,18)(H,16,17). The minimum atomic E-state index is 0.350. The maximum absolute atomic E-state index is 5.64. The molecule has 0 unspecified atom stereocenters. The molecular weight excluding hydrogens is 244 g/mol. The average molecular weight is 258 g/mol. The van der Waals surface area contributed by atoms with Crippen LogP contribution in [0.15, 0.2) is 42.7 Å². The predicted molar refractivity (Wildman–Crippen MR) is 76.6 cm³/mol. The van der Waals surface area contributed by atoms with E-state index < -0.39 is 0 Å². The number of rotatable bonds is 5. The summed E-state index contributed by atoms with van der Waals surface area (Å²) in [5, 5.41) is 3.22. The van der Waals surface area contributed by atoms with Crippen molar-refractivity contribution in [1.82, 2.24) is 9.97 Å². The molecule has 0 fully saturated rings. The highest BCUT2D eigenvalue weighted by atomic mass is 32.1. The first-order valence-corrected chi connectivity index (χ1v) is 6.07. The minimum absolute atomic E-state index is 0.350. The molecule has 18 heavy (non-hydrogen) atoms. The molecule has 5 heteroatoms. The zero-order valence-corrected chi connectivity index (χ0v) is 10.7. The second-order valence-corrected chi connectivity index (χ2v) is 4.20. The van der Waals surface area contributed by atoms with E-state index in [4.69, 9.17) is 18.0 Å². The van der Waals surface area contributed by atoms with E-state index in [1.807, 2.05) is 30.3 Å². The maximum Gasteiger partial charge on any atom is 0.136 e. The summed E-state index contributed by atoms with van der Waals surface area (Å²) in [7, 11) is 0. The molecule has 2 aromatic rings. The van der Waals surface area contributed by atoms with Crippen molar-refractivity contribution in [3.05, 3.63) is 54.0 Å². The average Bonchev–Trinajstić information content (AvgIpc) is 2.40. The molecule has 0 radical (unpaired) electrons. The minimum Gasteiger partial charge on any atom is -0.389 e. The van der Waals surface area contributed by atoms with Gasteiger partial charge in [0.15, 0.2) is 0 Å².